The summed E-state index contributed by atoms with van der Waals surface area (Å²) in [5.41, 5.74) is -0.519. The zero-order valence-electron chi connectivity index (χ0n) is 20.7. The number of hydrogen-bond donors (Lipinski definition) is 0. The highest BCUT2D eigenvalue weighted by Crippen LogP contribution is 2.37. The number of aromatic nitrogens is 5. The highest BCUT2D eigenvalue weighted by atomic mass is 35.5. The number of imidazole rings is 1. The predicted molar refractivity (Wildman–Crippen MR) is 132 cm³/mol. The summed E-state index contributed by atoms with van der Waals surface area (Å²) in [4.78, 5) is 34.0. The van der Waals surface area contributed by atoms with Gasteiger partial charge in [-0.25, -0.2) is 19.2 Å². The van der Waals surface area contributed by atoms with E-state index in [1.807, 2.05) is 48.4 Å². The topological polar surface area (TPSA) is 98.5 Å². The lowest BCUT2D eigenvalue weighted by Gasteiger charge is -2.42. The Kier molecular flexibility index (Phi) is 6.36. The molecule has 5 heterocycles. The van der Waals surface area contributed by atoms with Crippen molar-refractivity contribution in [1.82, 2.24) is 29.4 Å². The number of pyridine rings is 1. The third kappa shape index (κ3) is 4.76. The first-order valence-electron chi connectivity index (χ1n) is 12.0. The summed E-state index contributed by atoms with van der Waals surface area (Å²) >= 11 is 5.96. The van der Waals surface area contributed by atoms with Gasteiger partial charge in [0.2, 0.25) is 0 Å². The van der Waals surface area contributed by atoms with Crippen LogP contribution in [0, 0.1) is 5.82 Å². The Balaban J connectivity index is 1.42. The standard InChI is InChI=1S/C24H29ClFN7O3/c1-24(2,3)36-23(34)33-14-5-6-15(33)13-32(12-14)21-16-11-28-20(25)18(26)19(16)29-22(30-21)35-10-7-17-27-8-9-31(17)4/h8-9,11,14-15H,5-7,10,12-13H2,1-4H3. The Bertz CT molecular complexity index is 1280. The van der Waals surface area contributed by atoms with E-state index < -0.39 is 11.4 Å². The molecule has 2 unspecified atom stereocenters. The van der Waals surface area contributed by atoms with Crippen LogP contribution in [0.5, 0.6) is 6.01 Å². The average molecular weight is 518 g/mol. The van der Waals surface area contributed by atoms with Gasteiger partial charge in [-0.3, -0.25) is 4.90 Å². The number of nitrogens with zero attached hydrogens (tertiary/aromatic N) is 7. The van der Waals surface area contributed by atoms with Gasteiger partial charge in [0, 0.05) is 45.1 Å². The molecule has 192 valence electrons. The summed E-state index contributed by atoms with van der Waals surface area (Å²) in [5, 5.41) is 0.180. The van der Waals surface area contributed by atoms with E-state index in [2.05, 4.69) is 19.9 Å². The van der Waals surface area contributed by atoms with E-state index in [-0.39, 0.29) is 41.5 Å². The molecule has 0 aliphatic carbocycles. The quantitative estimate of drug-likeness (QED) is 0.472. The number of aryl methyl sites for hydroxylation is 1. The lowest BCUT2D eigenvalue weighted by molar-refractivity contribution is 0.0123. The molecule has 10 nitrogen and oxygen atoms in total. The molecular formula is C24H29ClFN7O3. The summed E-state index contributed by atoms with van der Waals surface area (Å²) in [6.45, 7) is 6.90. The highest BCUT2D eigenvalue weighted by molar-refractivity contribution is 6.30. The summed E-state index contributed by atoms with van der Waals surface area (Å²) in [7, 11) is 1.91. The summed E-state index contributed by atoms with van der Waals surface area (Å²) in [6, 6.07) is -0.0298. The number of carbonyl (C=O) groups is 1. The molecule has 2 atom stereocenters. The molecule has 12 heteroatoms. The molecule has 3 aromatic heterocycles. The van der Waals surface area contributed by atoms with E-state index in [1.165, 1.54) is 6.20 Å². The van der Waals surface area contributed by atoms with Gasteiger partial charge in [-0.05, 0) is 33.6 Å². The minimum absolute atomic E-state index is 0.0403. The monoisotopic (exact) mass is 517 g/mol. The van der Waals surface area contributed by atoms with Crippen molar-refractivity contribution >= 4 is 34.4 Å². The van der Waals surface area contributed by atoms with Crippen molar-refractivity contribution in [3.8, 4) is 6.01 Å². The van der Waals surface area contributed by atoms with Gasteiger partial charge < -0.3 is 18.9 Å². The van der Waals surface area contributed by atoms with E-state index in [0.29, 0.717) is 30.7 Å². The molecule has 0 aromatic carbocycles. The van der Waals surface area contributed by atoms with Crippen molar-refractivity contribution in [3.05, 3.63) is 35.4 Å². The first-order chi connectivity index (χ1) is 17.1. The largest absolute Gasteiger partial charge is 0.463 e. The fraction of sp³-hybridized carbons (Fsp3) is 0.542. The van der Waals surface area contributed by atoms with Crippen LogP contribution < -0.4 is 9.64 Å². The minimum atomic E-state index is -0.720. The fourth-order valence-electron chi connectivity index (χ4n) is 4.86. The van der Waals surface area contributed by atoms with Crippen molar-refractivity contribution in [2.45, 2.75) is 57.7 Å². The molecule has 0 N–H and O–H groups in total. The maximum Gasteiger partial charge on any atom is 0.410 e. The number of anilines is 1. The van der Waals surface area contributed by atoms with Gasteiger partial charge in [0.05, 0.1) is 24.1 Å². The number of fused-ring (bicyclic) bond motifs is 3. The number of carbonyl (C=O) groups excluding carboxylic acids is 1. The summed E-state index contributed by atoms with van der Waals surface area (Å²) < 4.78 is 28.4. The number of amides is 1. The molecule has 2 saturated heterocycles. The Morgan fingerprint density at radius 3 is 2.56 bits per heavy atom. The van der Waals surface area contributed by atoms with Gasteiger partial charge in [0.25, 0.3) is 0 Å². The van der Waals surface area contributed by atoms with Crippen LogP contribution in [0.2, 0.25) is 5.15 Å². The van der Waals surface area contributed by atoms with Crippen LogP contribution in [0.4, 0.5) is 15.0 Å². The van der Waals surface area contributed by atoms with Gasteiger partial charge in [0.1, 0.15) is 22.8 Å². The number of rotatable bonds is 5. The highest BCUT2D eigenvalue weighted by Gasteiger charge is 2.45. The third-order valence-corrected chi connectivity index (χ3v) is 6.73. The normalized spacial score (nSPS) is 19.7. The van der Waals surface area contributed by atoms with Crippen molar-refractivity contribution in [1.29, 1.82) is 0 Å². The van der Waals surface area contributed by atoms with Crippen LogP contribution >= 0.6 is 11.6 Å². The smallest absolute Gasteiger partial charge is 0.410 e. The third-order valence-electron chi connectivity index (χ3n) is 6.46. The van der Waals surface area contributed by atoms with Crippen LogP contribution in [0.3, 0.4) is 0 Å². The number of halogens is 2. The predicted octanol–water partition coefficient (Wildman–Crippen LogP) is 3.76. The molecule has 36 heavy (non-hydrogen) atoms. The molecule has 2 aliphatic heterocycles. The van der Waals surface area contributed by atoms with Crippen molar-refractivity contribution in [3.63, 3.8) is 0 Å². The zero-order valence-corrected chi connectivity index (χ0v) is 21.5. The van der Waals surface area contributed by atoms with Gasteiger partial charge >= 0.3 is 12.1 Å². The Morgan fingerprint density at radius 1 is 1.19 bits per heavy atom. The molecule has 2 bridgehead atoms. The molecular weight excluding hydrogens is 489 g/mol. The van der Waals surface area contributed by atoms with E-state index in [0.717, 1.165) is 18.7 Å². The Morgan fingerprint density at radius 2 is 1.92 bits per heavy atom. The molecule has 2 fully saturated rings. The van der Waals surface area contributed by atoms with Crippen LogP contribution in [-0.2, 0) is 18.2 Å². The minimum Gasteiger partial charge on any atom is -0.463 e. The van der Waals surface area contributed by atoms with Gasteiger partial charge in [0.15, 0.2) is 11.0 Å². The zero-order chi connectivity index (χ0) is 25.6. The van der Waals surface area contributed by atoms with Gasteiger partial charge in [-0.2, -0.15) is 9.97 Å². The first-order valence-corrected chi connectivity index (χ1v) is 12.4. The summed E-state index contributed by atoms with van der Waals surface area (Å²) in [5.74, 6) is 0.641. The summed E-state index contributed by atoms with van der Waals surface area (Å²) in [6.07, 6.45) is 7.00. The molecule has 0 spiro atoms. The van der Waals surface area contributed by atoms with Crippen LogP contribution in [-0.4, -0.2) is 72.9 Å². The van der Waals surface area contributed by atoms with E-state index in [4.69, 9.17) is 21.1 Å². The van der Waals surface area contributed by atoms with E-state index in [9.17, 15) is 9.18 Å². The van der Waals surface area contributed by atoms with Crippen molar-refractivity contribution < 1.29 is 18.7 Å². The van der Waals surface area contributed by atoms with E-state index >= 15 is 0 Å². The molecule has 0 saturated carbocycles. The second-order valence-electron chi connectivity index (χ2n) is 10.2. The Hall–Kier alpha value is -3.21. The number of hydrogen-bond acceptors (Lipinski definition) is 8. The maximum absolute atomic E-state index is 15.0. The van der Waals surface area contributed by atoms with Gasteiger partial charge in [-0.15, -0.1) is 0 Å². The second kappa shape index (κ2) is 9.34. The van der Waals surface area contributed by atoms with Crippen LogP contribution in [0.15, 0.2) is 18.6 Å². The van der Waals surface area contributed by atoms with Crippen molar-refractivity contribution in [2.75, 3.05) is 24.6 Å². The average Bonchev–Trinajstić information content (AvgIpc) is 3.34. The molecule has 3 aromatic rings. The fourth-order valence-corrected chi connectivity index (χ4v) is 5.00. The van der Waals surface area contributed by atoms with Crippen LogP contribution in [0.25, 0.3) is 10.9 Å². The molecule has 5 rings (SSSR count). The lowest BCUT2D eigenvalue weighted by Crippen LogP contribution is -2.57. The SMILES string of the molecule is Cn1ccnc1CCOc1nc(N2CC3CCC(C2)N3C(=O)OC(C)(C)C)c2cnc(Cl)c(F)c2n1. The molecule has 0 radical (unpaired) electrons. The molecule has 2 aliphatic rings. The first kappa shape index (κ1) is 24.5. The van der Waals surface area contributed by atoms with Crippen LogP contribution in [0.1, 0.15) is 39.4 Å². The Labute approximate surface area is 213 Å². The lowest BCUT2D eigenvalue weighted by atomic mass is 10.1. The number of ether oxygens (including phenoxy) is 2. The number of piperazine rings is 1. The molecule has 1 amide bonds. The van der Waals surface area contributed by atoms with E-state index in [1.54, 1.807) is 6.20 Å². The second-order valence-corrected chi connectivity index (χ2v) is 10.5. The van der Waals surface area contributed by atoms with Gasteiger partial charge in [-0.1, -0.05) is 11.6 Å². The maximum atomic E-state index is 15.0. The van der Waals surface area contributed by atoms with Crippen molar-refractivity contribution in [2.24, 2.45) is 7.05 Å².